The van der Waals surface area contributed by atoms with Gasteiger partial charge in [-0.05, 0) is 43.9 Å². The number of likely N-dealkylation sites (tertiary alicyclic amines) is 1. The summed E-state index contributed by atoms with van der Waals surface area (Å²) in [6.45, 7) is 6.02. The van der Waals surface area contributed by atoms with Crippen LogP contribution in [0.15, 0.2) is 12.1 Å². The average molecular weight is 281 g/mol. The number of rotatable bonds is 5. The Labute approximate surface area is 119 Å². The lowest BCUT2D eigenvalue weighted by atomic mass is 9.89. The highest BCUT2D eigenvalue weighted by Gasteiger charge is 2.32. The lowest BCUT2D eigenvalue weighted by Gasteiger charge is -2.36. The molecule has 3 nitrogen and oxygen atoms in total. The molecule has 1 aliphatic heterocycles. The summed E-state index contributed by atoms with van der Waals surface area (Å²) >= 11 is 1.81. The van der Waals surface area contributed by atoms with Crippen LogP contribution in [0.25, 0.3) is 0 Å². The molecule has 1 fully saturated rings. The number of aliphatic carboxylic acids is 1. The van der Waals surface area contributed by atoms with Crippen LogP contribution in [0.2, 0.25) is 0 Å². The van der Waals surface area contributed by atoms with Gasteiger partial charge in [-0.3, -0.25) is 9.69 Å². The first-order valence-electron chi connectivity index (χ1n) is 7.18. The van der Waals surface area contributed by atoms with Gasteiger partial charge in [0.05, 0.1) is 0 Å². The molecule has 2 rings (SSSR count). The summed E-state index contributed by atoms with van der Waals surface area (Å²) in [4.78, 5) is 16.2. The lowest BCUT2D eigenvalue weighted by Crippen LogP contribution is -2.46. The summed E-state index contributed by atoms with van der Waals surface area (Å²) in [6.07, 6.45) is 4.09. The zero-order valence-electron chi connectivity index (χ0n) is 11.8. The van der Waals surface area contributed by atoms with Crippen LogP contribution in [0.5, 0.6) is 0 Å². The van der Waals surface area contributed by atoms with Crippen LogP contribution in [0.4, 0.5) is 0 Å². The Kier molecular flexibility index (Phi) is 4.99. The van der Waals surface area contributed by atoms with Gasteiger partial charge in [-0.1, -0.05) is 20.3 Å². The van der Waals surface area contributed by atoms with E-state index in [9.17, 15) is 9.90 Å². The third-order valence-electron chi connectivity index (χ3n) is 4.11. The van der Waals surface area contributed by atoms with Gasteiger partial charge >= 0.3 is 5.97 Å². The quantitative estimate of drug-likeness (QED) is 0.899. The maximum absolute atomic E-state index is 11.4. The second-order valence-corrected chi connectivity index (χ2v) is 6.60. The number of nitrogens with zero attached hydrogens (tertiary/aromatic N) is 1. The van der Waals surface area contributed by atoms with E-state index in [1.54, 1.807) is 0 Å². The zero-order valence-corrected chi connectivity index (χ0v) is 12.6. The molecule has 2 unspecified atom stereocenters. The maximum atomic E-state index is 11.4. The van der Waals surface area contributed by atoms with Crippen LogP contribution >= 0.6 is 11.3 Å². The van der Waals surface area contributed by atoms with E-state index in [-0.39, 0.29) is 6.04 Å². The van der Waals surface area contributed by atoms with Gasteiger partial charge < -0.3 is 5.11 Å². The van der Waals surface area contributed by atoms with Crippen molar-refractivity contribution in [1.82, 2.24) is 4.90 Å². The van der Waals surface area contributed by atoms with E-state index >= 15 is 0 Å². The average Bonchev–Trinajstić information content (AvgIpc) is 2.86. The molecule has 0 amide bonds. The van der Waals surface area contributed by atoms with Crippen LogP contribution in [0.3, 0.4) is 0 Å². The molecule has 1 aromatic heterocycles. The molecule has 2 heterocycles. The molecule has 4 heteroatoms. The number of thiophene rings is 1. The largest absolute Gasteiger partial charge is 0.480 e. The van der Waals surface area contributed by atoms with Crippen LogP contribution in [0.1, 0.15) is 42.9 Å². The minimum Gasteiger partial charge on any atom is -0.480 e. The molecule has 1 aromatic rings. The molecule has 1 N–H and O–H groups in total. The molecule has 0 spiro atoms. The molecule has 0 saturated carbocycles. The Morgan fingerprint density at radius 2 is 2.16 bits per heavy atom. The molecule has 0 aliphatic carbocycles. The summed E-state index contributed by atoms with van der Waals surface area (Å²) < 4.78 is 0. The number of carboxylic acid groups (broad SMARTS) is 1. The number of hydrogen-bond donors (Lipinski definition) is 1. The summed E-state index contributed by atoms with van der Waals surface area (Å²) in [5.41, 5.74) is 0. The molecular weight excluding hydrogens is 258 g/mol. The molecule has 0 bridgehead atoms. The normalized spacial score (nSPS) is 24.5. The first-order valence-corrected chi connectivity index (χ1v) is 8.00. The molecule has 0 aromatic carbocycles. The number of piperidine rings is 1. The fourth-order valence-corrected chi connectivity index (χ4v) is 3.79. The lowest BCUT2D eigenvalue weighted by molar-refractivity contribution is -0.145. The minimum absolute atomic E-state index is 0.300. The molecule has 0 radical (unpaired) electrons. The monoisotopic (exact) mass is 281 g/mol. The first kappa shape index (κ1) is 14.5. The highest BCUT2D eigenvalue weighted by atomic mass is 32.1. The van der Waals surface area contributed by atoms with Crippen molar-refractivity contribution in [2.45, 2.75) is 52.1 Å². The van der Waals surface area contributed by atoms with Crippen molar-refractivity contribution in [2.24, 2.45) is 5.92 Å². The van der Waals surface area contributed by atoms with E-state index < -0.39 is 5.97 Å². The molecule has 1 saturated heterocycles. The van der Waals surface area contributed by atoms with E-state index in [1.807, 2.05) is 11.3 Å². The van der Waals surface area contributed by atoms with Gasteiger partial charge in [-0.2, -0.15) is 0 Å². The van der Waals surface area contributed by atoms with Crippen LogP contribution in [0, 0.1) is 5.92 Å². The molecule has 19 heavy (non-hydrogen) atoms. The second-order valence-electron chi connectivity index (χ2n) is 5.34. The van der Waals surface area contributed by atoms with Gasteiger partial charge in [0.25, 0.3) is 0 Å². The van der Waals surface area contributed by atoms with E-state index in [0.717, 1.165) is 38.8 Å². The summed E-state index contributed by atoms with van der Waals surface area (Å²) in [6, 6.07) is 4.01. The topological polar surface area (TPSA) is 40.5 Å². The van der Waals surface area contributed by atoms with Gasteiger partial charge in [0.2, 0.25) is 0 Å². The smallest absolute Gasteiger partial charge is 0.320 e. The molecule has 2 atom stereocenters. The highest BCUT2D eigenvalue weighted by molar-refractivity contribution is 7.11. The number of hydrogen-bond acceptors (Lipinski definition) is 3. The van der Waals surface area contributed by atoms with Crippen molar-refractivity contribution in [3.05, 3.63) is 21.9 Å². The van der Waals surface area contributed by atoms with Crippen LogP contribution < -0.4 is 0 Å². The third-order valence-corrected chi connectivity index (χ3v) is 5.32. The number of aryl methyl sites for hydroxylation is 1. The SMILES string of the molecule is CCc1ccc(CN2CCC(CC)CC2C(=O)O)s1. The zero-order chi connectivity index (χ0) is 13.8. The Hall–Kier alpha value is -0.870. The summed E-state index contributed by atoms with van der Waals surface area (Å²) in [5.74, 6) is -0.0858. The Morgan fingerprint density at radius 1 is 1.42 bits per heavy atom. The van der Waals surface area contributed by atoms with E-state index in [1.165, 1.54) is 9.75 Å². The van der Waals surface area contributed by atoms with Gasteiger partial charge in [-0.15, -0.1) is 11.3 Å². The van der Waals surface area contributed by atoms with E-state index in [2.05, 4.69) is 30.9 Å². The molecule has 106 valence electrons. The minimum atomic E-state index is -0.662. The van der Waals surface area contributed by atoms with Crippen molar-refractivity contribution in [3.63, 3.8) is 0 Å². The Bertz CT molecular complexity index is 430. The fourth-order valence-electron chi connectivity index (χ4n) is 2.80. The predicted octanol–water partition coefficient (Wildman–Crippen LogP) is 3.39. The van der Waals surface area contributed by atoms with E-state index in [0.29, 0.717) is 5.92 Å². The number of carboxylic acids is 1. The van der Waals surface area contributed by atoms with Crippen molar-refractivity contribution >= 4 is 17.3 Å². The fraction of sp³-hybridized carbons (Fsp3) is 0.667. The molecule has 1 aliphatic rings. The summed E-state index contributed by atoms with van der Waals surface area (Å²) in [7, 11) is 0. The molecular formula is C15H23NO2S. The van der Waals surface area contributed by atoms with Gasteiger partial charge in [0, 0.05) is 16.3 Å². The van der Waals surface area contributed by atoms with Gasteiger partial charge in [0.1, 0.15) is 6.04 Å². The van der Waals surface area contributed by atoms with Crippen molar-refractivity contribution in [3.8, 4) is 0 Å². The predicted molar refractivity (Wildman–Crippen MR) is 78.5 cm³/mol. The Morgan fingerprint density at radius 3 is 2.74 bits per heavy atom. The number of carbonyl (C=O) groups is 1. The standard InChI is InChI=1S/C15H23NO2S/c1-3-11-7-8-16(14(9-11)15(17)18)10-13-6-5-12(4-2)19-13/h5-6,11,14H,3-4,7-10H2,1-2H3,(H,17,18). The third kappa shape index (κ3) is 3.57. The van der Waals surface area contributed by atoms with Crippen molar-refractivity contribution < 1.29 is 9.90 Å². The summed E-state index contributed by atoms with van der Waals surface area (Å²) in [5, 5.41) is 9.41. The van der Waals surface area contributed by atoms with Gasteiger partial charge in [-0.25, -0.2) is 0 Å². The van der Waals surface area contributed by atoms with Gasteiger partial charge in [0.15, 0.2) is 0 Å². The van der Waals surface area contributed by atoms with Crippen LogP contribution in [-0.4, -0.2) is 28.6 Å². The first-order chi connectivity index (χ1) is 9.13. The van der Waals surface area contributed by atoms with Crippen molar-refractivity contribution in [2.75, 3.05) is 6.54 Å². The van der Waals surface area contributed by atoms with Crippen LogP contribution in [-0.2, 0) is 17.8 Å². The highest BCUT2D eigenvalue weighted by Crippen LogP contribution is 2.28. The Balaban J connectivity index is 2.03. The second kappa shape index (κ2) is 6.53. The maximum Gasteiger partial charge on any atom is 0.320 e. The van der Waals surface area contributed by atoms with Crippen molar-refractivity contribution in [1.29, 1.82) is 0 Å². The van der Waals surface area contributed by atoms with E-state index in [4.69, 9.17) is 0 Å².